The Labute approximate surface area is 201 Å². The van der Waals surface area contributed by atoms with Crippen LogP contribution in [-0.2, 0) is 24.4 Å². The number of oxazole rings is 1. The van der Waals surface area contributed by atoms with E-state index in [2.05, 4.69) is 46.6 Å². The lowest BCUT2D eigenvalue weighted by atomic mass is 10.1. The number of halogens is 1. The minimum absolute atomic E-state index is 0. The second-order valence-corrected chi connectivity index (χ2v) is 7.11. The fraction of sp³-hybridized carbons (Fsp3) is 0.333. The summed E-state index contributed by atoms with van der Waals surface area (Å²) >= 11 is 0. The lowest BCUT2D eigenvalue weighted by molar-refractivity contribution is 0.121. The van der Waals surface area contributed by atoms with Gasteiger partial charge in [-0.15, -0.1) is 24.0 Å². The van der Waals surface area contributed by atoms with Crippen LogP contribution >= 0.6 is 24.0 Å². The molecule has 0 amide bonds. The molecular weight excluding hydrogens is 503 g/mol. The van der Waals surface area contributed by atoms with Gasteiger partial charge in [0.25, 0.3) is 0 Å². The van der Waals surface area contributed by atoms with Crippen LogP contribution in [0, 0.1) is 6.92 Å². The van der Waals surface area contributed by atoms with Crippen LogP contribution in [0.2, 0.25) is 0 Å². The van der Waals surface area contributed by atoms with Gasteiger partial charge >= 0.3 is 0 Å². The van der Waals surface area contributed by atoms with E-state index in [4.69, 9.17) is 9.15 Å². The van der Waals surface area contributed by atoms with E-state index >= 15 is 0 Å². The Hall–Kier alpha value is -2.39. The molecule has 0 aliphatic carbocycles. The largest absolute Gasteiger partial charge is 0.444 e. The van der Waals surface area contributed by atoms with E-state index in [1.54, 1.807) is 13.3 Å². The maximum absolute atomic E-state index is 5.70. The normalized spacial score (nSPS) is 11.1. The molecule has 1 aromatic heterocycles. The van der Waals surface area contributed by atoms with E-state index in [0.29, 0.717) is 31.5 Å². The molecule has 0 spiro atoms. The first-order chi connectivity index (χ1) is 14.7. The number of ether oxygens (including phenoxy) is 1. The third kappa shape index (κ3) is 7.66. The number of benzene rings is 2. The van der Waals surface area contributed by atoms with E-state index in [1.165, 1.54) is 16.7 Å². The summed E-state index contributed by atoms with van der Waals surface area (Å²) in [7, 11) is 1.76. The maximum atomic E-state index is 5.70. The Morgan fingerprint density at radius 1 is 1.03 bits per heavy atom. The molecule has 0 fully saturated rings. The summed E-state index contributed by atoms with van der Waals surface area (Å²) in [6, 6.07) is 16.4. The summed E-state index contributed by atoms with van der Waals surface area (Å²) in [6.07, 6.45) is 2.69. The van der Waals surface area contributed by atoms with Gasteiger partial charge in [0, 0.05) is 25.8 Å². The monoisotopic (exact) mass is 534 g/mol. The molecule has 0 saturated heterocycles. The number of aryl methyl sites for hydroxylation is 1. The molecule has 3 rings (SSSR count). The van der Waals surface area contributed by atoms with Crippen molar-refractivity contribution in [2.24, 2.45) is 4.99 Å². The van der Waals surface area contributed by atoms with Crippen LogP contribution < -0.4 is 10.6 Å². The van der Waals surface area contributed by atoms with Gasteiger partial charge in [-0.25, -0.2) is 4.98 Å². The van der Waals surface area contributed by atoms with E-state index in [-0.39, 0.29) is 24.0 Å². The Bertz CT molecular complexity index is 954. The molecule has 1 heterocycles. The third-order valence-corrected chi connectivity index (χ3v) is 4.68. The molecule has 0 aliphatic heterocycles. The van der Waals surface area contributed by atoms with Gasteiger partial charge in [0.15, 0.2) is 5.96 Å². The zero-order valence-electron chi connectivity index (χ0n) is 18.4. The minimum atomic E-state index is 0. The van der Waals surface area contributed by atoms with Gasteiger partial charge < -0.3 is 19.8 Å². The van der Waals surface area contributed by atoms with Crippen molar-refractivity contribution in [3.05, 3.63) is 77.2 Å². The summed E-state index contributed by atoms with van der Waals surface area (Å²) in [5, 5.41) is 6.64. The first kappa shape index (κ1) is 24.9. The summed E-state index contributed by atoms with van der Waals surface area (Å²) in [5.41, 5.74) is 5.38. The number of hydrogen-bond donors (Lipinski definition) is 2. The van der Waals surface area contributed by atoms with Crippen LogP contribution in [0.3, 0.4) is 0 Å². The topological polar surface area (TPSA) is 71.7 Å². The SMILES string of the molecule is CCCOCc1ccccc1CNC(=NC)NCc1coc(-c2ccc(C)cc2)n1.I. The van der Waals surface area contributed by atoms with E-state index in [0.717, 1.165) is 24.3 Å². The molecule has 6 nitrogen and oxygen atoms in total. The molecule has 3 aromatic rings. The van der Waals surface area contributed by atoms with Gasteiger partial charge in [-0.3, -0.25) is 4.99 Å². The van der Waals surface area contributed by atoms with Gasteiger partial charge in [-0.05, 0) is 36.6 Å². The number of aromatic nitrogens is 1. The lowest BCUT2D eigenvalue weighted by Crippen LogP contribution is -2.36. The van der Waals surface area contributed by atoms with Crippen molar-refractivity contribution in [2.45, 2.75) is 40.0 Å². The van der Waals surface area contributed by atoms with Gasteiger partial charge in [0.05, 0.1) is 18.8 Å². The van der Waals surface area contributed by atoms with Crippen LogP contribution in [0.25, 0.3) is 11.5 Å². The number of rotatable bonds is 9. The first-order valence-corrected chi connectivity index (χ1v) is 10.3. The molecule has 2 N–H and O–H groups in total. The van der Waals surface area contributed by atoms with Crippen molar-refractivity contribution in [3.63, 3.8) is 0 Å². The molecule has 0 unspecified atom stereocenters. The van der Waals surface area contributed by atoms with E-state index in [9.17, 15) is 0 Å². The van der Waals surface area contributed by atoms with Crippen molar-refractivity contribution < 1.29 is 9.15 Å². The molecule has 0 saturated carbocycles. The molecule has 2 aromatic carbocycles. The molecule has 7 heteroatoms. The maximum Gasteiger partial charge on any atom is 0.226 e. The number of aliphatic imine (C=N–C) groups is 1. The fourth-order valence-electron chi connectivity index (χ4n) is 2.99. The van der Waals surface area contributed by atoms with Gasteiger partial charge in [-0.1, -0.05) is 48.9 Å². The van der Waals surface area contributed by atoms with Crippen LogP contribution in [0.5, 0.6) is 0 Å². The Morgan fingerprint density at radius 3 is 2.45 bits per heavy atom. The fourth-order valence-corrected chi connectivity index (χ4v) is 2.99. The van der Waals surface area contributed by atoms with Crippen molar-refractivity contribution in [3.8, 4) is 11.5 Å². The van der Waals surface area contributed by atoms with Crippen molar-refractivity contribution in [1.29, 1.82) is 0 Å². The van der Waals surface area contributed by atoms with Gasteiger partial charge in [0.1, 0.15) is 6.26 Å². The number of nitrogens with one attached hydrogen (secondary N) is 2. The highest BCUT2D eigenvalue weighted by Crippen LogP contribution is 2.19. The Kier molecular flexibility index (Phi) is 10.5. The highest BCUT2D eigenvalue weighted by atomic mass is 127. The Morgan fingerprint density at radius 2 is 1.74 bits per heavy atom. The second-order valence-electron chi connectivity index (χ2n) is 7.11. The summed E-state index contributed by atoms with van der Waals surface area (Å²) in [4.78, 5) is 8.86. The molecule has 0 aliphatic rings. The van der Waals surface area contributed by atoms with Crippen LogP contribution in [0.4, 0.5) is 0 Å². The van der Waals surface area contributed by atoms with Crippen molar-refractivity contribution >= 4 is 29.9 Å². The highest BCUT2D eigenvalue weighted by molar-refractivity contribution is 14.0. The van der Waals surface area contributed by atoms with Crippen molar-refractivity contribution in [2.75, 3.05) is 13.7 Å². The predicted octanol–water partition coefficient (Wildman–Crippen LogP) is 5.06. The molecule has 31 heavy (non-hydrogen) atoms. The number of nitrogens with zero attached hydrogens (tertiary/aromatic N) is 2. The average Bonchev–Trinajstić information content (AvgIpc) is 3.24. The highest BCUT2D eigenvalue weighted by Gasteiger charge is 2.08. The number of hydrogen-bond acceptors (Lipinski definition) is 4. The molecule has 0 radical (unpaired) electrons. The summed E-state index contributed by atoms with van der Waals surface area (Å²) in [6.45, 7) is 6.76. The summed E-state index contributed by atoms with van der Waals surface area (Å²) < 4.78 is 11.3. The quantitative estimate of drug-likeness (QED) is 0.174. The first-order valence-electron chi connectivity index (χ1n) is 10.3. The minimum Gasteiger partial charge on any atom is -0.444 e. The van der Waals surface area contributed by atoms with Crippen LogP contribution in [0.15, 0.2) is 64.2 Å². The van der Waals surface area contributed by atoms with E-state index < -0.39 is 0 Å². The molecule has 0 bridgehead atoms. The van der Waals surface area contributed by atoms with Crippen molar-refractivity contribution in [1.82, 2.24) is 15.6 Å². The predicted molar refractivity (Wildman–Crippen MR) is 136 cm³/mol. The van der Waals surface area contributed by atoms with Crippen LogP contribution in [0.1, 0.15) is 35.7 Å². The molecular formula is C24H31IN4O2. The van der Waals surface area contributed by atoms with Gasteiger partial charge in [0.2, 0.25) is 5.89 Å². The average molecular weight is 534 g/mol. The smallest absolute Gasteiger partial charge is 0.226 e. The Balaban J connectivity index is 0.00000341. The molecule has 166 valence electrons. The van der Waals surface area contributed by atoms with E-state index in [1.807, 2.05) is 36.4 Å². The molecule has 0 atom stereocenters. The third-order valence-electron chi connectivity index (χ3n) is 4.68. The zero-order valence-corrected chi connectivity index (χ0v) is 20.7. The number of guanidine groups is 1. The summed E-state index contributed by atoms with van der Waals surface area (Å²) in [5.74, 6) is 1.33. The van der Waals surface area contributed by atoms with Gasteiger partial charge in [-0.2, -0.15) is 0 Å². The standard InChI is InChI=1S/C24H30N4O2.HI/c1-4-13-29-16-21-8-6-5-7-20(21)14-26-24(25-3)27-15-22-17-30-23(28-22)19-11-9-18(2)10-12-19;/h5-12,17H,4,13-16H2,1-3H3,(H2,25,26,27);1H. The second kappa shape index (κ2) is 13.1. The van der Waals surface area contributed by atoms with Crippen LogP contribution in [-0.4, -0.2) is 24.6 Å². The lowest BCUT2D eigenvalue weighted by Gasteiger charge is -2.14. The zero-order chi connectivity index (χ0) is 21.2.